The molecular formula is C17H18BF2N4O2. The number of hydrogen-bond acceptors (Lipinski definition) is 6. The molecule has 1 radical (unpaired) electrons. The van der Waals surface area contributed by atoms with Gasteiger partial charge in [-0.2, -0.15) is 13.8 Å². The molecule has 135 valence electrons. The van der Waals surface area contributed by atoms with E-state index in [1.807, 2.05) is 9.71 Å². The van der Waals surface area contributed by atoms with Gasteiger partial charge in [-0.05, 0) is 0 Å². The Kier molecular flexibility index (Phi) is 5.46. The van der Waals surface area contributed by atoms with Crippen LogP contribution >= 0.6 is 0 Å². The molecule has 2 aromatic rings. The Morgan fingerprint density at radius 2 is 1.85 bits per heavy atom. The minimum Gasteiger partial charge on any atom is -0.481 e. The summed E-state index contributed by atoms with van der Waals surface area (Å²) in [6.45, 7) is 2.22. The molecule has 3 rings (SSSR count). The predicted molar refractivity (Wildman–Crippen MR) is 94.3 cm³/mol. The maximum absolute atomic E-state index is 14.9. The molecule has 0 bridgehead atoms. The van der Waals surface area contributed by atoms with Crippen LogP contribution in [0.4, 0.5) is 14.7 Å². The normalized spacial score (nSPS) is 15.6. The Hall–Kier alpha value is -2.55. The van der Waals surface area contributed by atoms with Crippen molar-refractivity contribution in [3.05, 3.63) is 47.7 Å². The summed E-state index contributed by atoms with van der Waals surface area (Å²) < 4.78 is 34.9. The van der Waals surface area contributed by atoms with Crippen LogP contribution in [-0.4, -0.2) is 61.7 Å². The molecule has 0 atom stereocenters. The molecule has 6 nitrogen and oxygen atoms in total. The van der Waals surface area contributed by atoms with Gasteiger partial charge in [0.1, 0.15) is 5.69 Å². The fourth-order valence-corrected chi connectivity index (χ4v) is 2.77. The molecule has 0 N–H and O–H groups in total. The predicted octanol–water partition coefficient (Wildman–Crippen LogP) is 1.56. The van der Waals surface area contributed by atoms with Crippen LogP contribution in [0.25, 0.3) is 0 Å². The zero-order chi connectivity index (χ0) is 18.6. The van der Waals surface area contributed by atoms with Gasteiger partial charge in [0.05, 0.1) is 13.3 Å². The number of hydrogen-bond donors (Lipinski definition) is 0. The lowest BCUT2D eigenvalue weighted by atomic mass is 9.93. The summed E-state index contributed by atoms with van der Waals surface area (Å²) in [5.41, 5.74) is -0.551. The maximum Gasteiger partial charge on any atom is 0.315 e. The Balaban J connectivity index is 1.89. The number of halogens is 2. The number of anilines is 1. The first-order valence-electron chi connectivity index (χ1n) is 8.19. The molecule has 2 heterocycles. The van der Waals surface area contributed by atoms with E-state index in [0.717, 1.165) is 12.3 Å². The number of alkyl halides is 2. The largest absolute Gasteiger partial charge is 0.481 e. The number of nitrogens with zero attached hydrogens (tertiary/aromatic N) is 4. The van der Waals surface area contributed by atoms with Gasteiger partial charge in [-0.25, -0.2) is 4.98 Å². The highest BCUT2D eigenvalue weighted by Gasteiger charge is 2.37. The van der Waals surface area contributed by atoms with E-state index in [0.29, 0.717) is 26.2 Å². The first-order chi connectivity index (χ1) is 12.5. The molecule has 1 fully saturated rings. The van der Waals surface area contributed by atoms with Crippen LogP contribution in [0.15, 0.2) is 36.4 Å². The standard InChI is InChI=1S/C17H18BF2N4O2/c1-26-15-11-14(17(19,20)13-5-3-2-4-6-13)21-16(22-15)23-7-9-24(10-8-23)18-12-25/h2-6,11-12H,7-10H2,1H3. The number of rotatable bonds is 6. The summed E-state index contributed by atoms with van der Waals surface area (Å²) in [4.78, 5) is 22.6. The molecule has 1 aromatic carbocycles. The molecule has 0 amide bonds. The van der Waals surface area contributed by atoms with E-state index in [9.17, 15) is 13.6 Å². The third-order valence-electron chi connectivity index (χ3n) is 4.23. The third-order valence-corrected chi connectivity index (χ3v) is 4.23. The van der Waals surface area contributed by atoms with Crippen molar-refractivity contribution >= 4 is 19.5 Å². The highest BCUT2D eigenvalue weighted by Crippen LogP contribution is 2.36. The lowest BCUT2D eigenvalue weighted by molar-refractivity contribution is 0.0376. The van der Waals surface area contributed by atoms with E-state index >= 15 is 0 Å². The number of carbonyl (C=O) groups is 1. The van der Waals surface area contributed by atoms with Gasteiger partial charge in [-0.3, -0.25) is 0 Å². The number of ether oxygens (including phenoxy) is 1. The molecule has 1 aliphatic rings. The average molecular weight is 359 g/mol. The molecule has 0 unspecified atom stereocenters. The summed E-state index contributed by atoms with van der Waals surface area (Å²) >= 11 is 0. The van der Waals surface area contributed by atoms with Crippen molar-refractivity contribution in [1.82, 2.24) is 14.8 Å². The molecule has 1 saturated heterocycles. The van der Waals surface area contributed by atoms with E-state index in [4.69, 9.17) is 4.74 Å². The summed E-state index contributed by atoms with van der Waals surface area (Å²) in [6.07, 6.45) is 0.732. The van der Waals surface area contributed by atoms with Crippen molar-refractivity contribution in [3.63, 3.8) is 0 Å². The monoisotopic (exact) mass is 359 g/mol. The van der Waals surface area contributed by atoms with E-state index in [1.165, 1.54) is 26.7 Å². The first kappa shape index (κ1) is 18.3. The molecule has 1 aromatic heterocycles. The molecule has 1 aliphatic heterocycles. The lowest BCUT2D eigenvalue weighted by Crippen LogP contribution is -2.48. The van der Waals surface area contributed by atoms with Gasteiger partial charge in [-0.1, -0.05) is 30.3 Å². The second-order valence-corrected chi connectivity index (χ2v) is 5.84. The van der Waals surface area contributed by atoms with Gasteiger partial charge in [0.2, 0.25) is 11.8 Å². The van der Waals surface area contributed by atoms with Crippen LogP contribution in [-0.2, 0) is 10.7 Å². The average Bonchev–Trinajstić information content (AvgIpc) is 2.69. The van der Waals surface area contributed by atoms with Crippen molar-refractivity contribution in [2.75, 3.05) is 38.2 Å². The van der Waals surface area contributed by atoms with Crippen LogP contribution in [0.2, 0.25) is 0 Å². The second-order valence-electron chi connectivity index (χ2n) is 5.84. The molecule has 26 heavy (non-hydrogen) atoms. The van der Waals surface area contributed by atoms with Crippen molar-refractivity contribution in [2.45, 2.75) is 5.92 Å². The van der Waals surface area contributed by atoms with E-state index in [-0.39, 0.29) is 17.4 Å². The van der Waals surface area contributed by atoms with Crippen LogP contribution in [0.1, 0.15) is 11.3 Å². The van der Waals surface area contributed by atoms with Gasteiger partial charge < -0.3 is 19.2 Å². The Morgan fingerprint density at radius 1 is 1.15 bits per heavy atom. The van der Waals surface area contributed by atoms with E-state index in [1.54, 1.807) is 18.2 Å². The Bertz CT molecular complexity index is 756. The van der Waals surface area contributed by atoms with Gasteiger partial charge in [0.15, 0.2) is 0 Å². The van der Waals surface area contributed by atoms with Gasteiger partial charge in [0.25, 0.3) is 7.41 Å². The van der Waals surface area contributed by atoms with Crippen molar-refractivity contribution in [3.8, 4) is 5.88 Å². The molecule has 9 heteroatoms. The lowest BCUT2D eigenvalue weighted by Gasteiger charge is -2.34. The van der Waals surface area contributed by atoms with Gasteiger partial charge >= 0.3 is 5.92 Å². The summed E-state index contributed by atoms with van der Waals surface area (Å²) in [5.74, 6) is -2.98. The summed E-state index contributed by atoms with van der Waals surface area (Å²) in [6, 6.07) is 8.69. The SMILES string of the molecule is COc1cc(C(F)(F)c2ccccc2)nc(N2CCN([B]C=O)CC2)n1. The quantitative estimate of drug-likeness (QED) is 0.576. The van der Waals surface area contributed by atoms with Gasteiger partial charge in [0, 0.05) is 37.8 Å². The fraction of sp³-hybridized carbons (Fsp3) is 0.353. The highest BCUT2D eigenvalue weighted by atomic mass is 19.3. The number of aromatic nitrogens is 2. The van der Waals surface area contributed by atoms with Crippen LogP contribution < -0.4 is 9.64 Å². The minimum atomic E-state index is -3.26. The molecule has 0 aliphatic carbocycles. The van der Waals surface area contributed by atoms with Crippen molar-refractivity contribution < 1.29 is 18.3 Å². The van der Waals surface area contributed by atoms with Crippen molar-refractivity contribution in [1.29, 1.82) is 0 Å². The number of benzene rings is 1. The number of methoxy groups -OCH3 is 1. The van der Waals surface area contributed by atoms with Crippen molar-refractivity contribution in [2.24, 2.45) is 0 Å². The topological polar surface area (TPSA) is 58.6 Å². The minimum absolute atomic E-state index is 0.0856. The zero-order valence-corrected chi connectivity index (χ0v) is 14.3. The Morgan fingerprint density at radius 3 is 2.46 bits per heavy atom. The second kappa shape index (κ2) is 7.78. The third kappa shape index (κ3) is 3.82. The van der Waals surface area contributed by atoms with Crippen LogP contribution in [0.3, 0.4) is 0 Å². The smallest absolute Gasteiger partial charge is 0.315 e. The summed E-state index contributed by atoms with van der Waals surface area (Å²) in [5, 5.41) is 0. The maximum atomic E-state index is 14.9. The molecular weight excluding hydrogens is 341 g/mol. The summed E-state index contributed by atoms with van der Waals surface area (Å²) in [7, 11) is 2.85. The van der Waals surface area contributed by atoms with E-state index < -0.39 is 11.6 Å². The molecule has 0 spiro atoms. The fourth-order valence-electron chi connectivity index (χ4n) is 2.77. The number of carbonyl (C=O) groups excluding carboxylic acids is 1. The van der Waals surface area contributed by atoms with E-state index in [2.05, 4.69) is 9.97 Å². The molecule has 0 saturated carbocycles. The zero-order valence-electron chi connectivity index (χ0n) is 14.3. The van der Waals surface area contributed by atoms with Crippen LogP contribution in [0.5, 0.6) is 5.88 Å². The van der Waals surface area contributed by atoms with Gasteiger partial charge in [-0.15, -0.1) is 0 Å². The van der Waals surface area contributed by atoms with Crippen LogP contribution in [0, 0.1) is 0 Å². The number of piperazine rings is 1. The highest BCUT2D eigenvalue weighted by molar-refractivity contribution is 6.64. The first-order valence-corrected chi connectivity index (χ1v) is 8.19. The Labute approximate surface area is 151 Å².